The molecule has 0 bridgehead atoms. The average molecular weight is 351 g/mol. The van der Waals surface area contributed by atoms with E-state index in [0.29, 0.717) is 12.2 Å². The molecule has 21 heavy (non-hydrogen) atoms. The lowest BCUT2D eigenvalue weighted by molar-refractivity contribution is 0.174. The molecule has 1 unspecified atom stereocenters. The molecule has 1 N–H and O–H groups in total. The van der Waals surface area contributed by atoms with Gasteiger partial charge < -0.3 is 14.6 Å². The van der Waals surface area contributed by atoms with Crippen LogP contribution in [0.4, 0.5) is 0 Å². The molecule has 2 aromatic rings. The number of halogens is 1. The normalized spacial score (nSPS) is 12.0. The largest absolute Gasteiger partial charge is 0.497 e. The van der Waals surface area contributed by atoms with Crippen LogP contribution < -0.4 is 9.47 Å². The molecular weight excluding hydrogens is 332 g/mol. The highest BCUT2D eigenvalue weighted by Gasteiger charge is 2.16. The minimum Gasteiger partial charge on any atom is -0.497 e. The van der Waals surface area contributed by atoms with Crippen molar-refractivity contribution >= 4 is 15.9 Å². The van der Waals surface area contributed by atoms with Crippen LogP contribution in [0.25, 0.3) is 0 Å². The molecule has 0 aliphatic rings. The number of ether oxygens (including phenoxy) is 2. The molecule has 0 amide bonds. The van der Waals surface area contributed by atoms with Gasteiger partial charge in [-0.25, -0.2) is 0 Å². The molecule has 0 radical (unpaired) electrons. The highest BCUT2D eigenvalue weighted by molar-refractivity contribution is 9.10. The van der Waals surface area contributed by atoms with Crippen LogP contribution in [0.3, 0.4) is 0 Å². The Labute approximate surface area is 133 Å². The number of hydrogen-bond donors (Lipinski definition) is 1. The van der Waals surface area contributed by atoms with Crippen LogP contribution in [-0.4, -0.2) is 19.3 Å². The molecule has 112 valence electrons. The Hall–Kier alpha value is -1.52. The molecule has 3 nitrogen and oxygen atoms in total. The topological polar surface area (TPSA) is 38.7 Å². The van der Waals surface area contributed by atoms with E-state index in [1.54, 1.807) is 14.2 Å². The summed E-state index contributed by atoms with van der Waals surface area (Å²) in [6.45, 7) is 1.99. The summed E-state index contributed by atoms with van der Waals surface area (Å²) in [6.07, 6.45) is -0.132. The minimum atomic E-state index is -0.635. The van der Waals surface area contributed by atoms with Gasteiger partial charge in [-0.3, -0.25) is 0 Å². The third-order valence-corrected chi connectivity index (χ3v) is 4.29. The van der Waals surface area contributed by atoms with E-state index in [-0.39, 0.29) is 0 Å². The molecule has 0 aromatic heterocycles. The number of aliphatic hydroxyl groups is 1. The third kappa shape index (κ3) is 3.77. The van der Waals surface area contributed by atoms with Gasteiger partial charge in [0.15, 0.2) is 0 Å². The second kappa shape index (κ2) is 6.96. The summed E-state index contributed by atoms with van der Waals surface area (Å²) in [4.78, 5) is 0. The Morgan fingerprint density at radius 1 is 1.14 bits per heavy atom. The first-order valence-corrected chi connectivity index (χ1v) is 7.49. The molecule has 1 atom stereocenters. The molecular formula is C17H19BrO3. The lowest BCUT2D eigenvalue weighted by Gasteiger charge is -2.17. The SMILES string of the molecule is COc1cccc(CC(O)c2cc(Br)c(C)cc2OC)c1. The van der Waals surface area contributed by atoms with Crippen LogP contribution >= 0.6 is 15.9 Å². The zero-order valence-corrected chi connectivity index (χ0v) is 14.0. The van der Waals surface area contributed by atoms with Gasteiger partial charge in [0.25, 0.3) is 0 Å². The fourth-order valence-electron chi connectivity index (χ4n) is 2.24. The molecule has 0 fully saturated rings. The smallest absolute Gasteiger partial charge is 0.125 e. The Balaban J connectivity index is 2.27. The van der Waals surface area contributed by atoms with Gasteiger partial charge in [-0.05, 0) is 42.3 Å². The van der Waals surface area contributed by atoms with E-state index in [4.69, 9.17) is 9.47 Å². The molecule has 2 rings (SSSR count). The Morgan fingerprint density at radius 2 is 1.90 bits per heavy atom. The Kier molecular flexibility index (Phi) is 5.26. The number of aliphatic hydroxyl groups excluding tert-OH is 1. The van der Waals surface area contributed by atoms with Crippen molar-refractivity contribution in [2.24, 2.45) is 0 Å². The van der Waals surface area contributed by atoms with Gasteiger partial charge in [0.1, 0.15) is 11.5 Å². The fourth-order valence-corrected chi connectivity index (χ4v) is 2.60. The molecule has 0 saturated heterocycles. The van der Waals surface area contributed by atoms with Crippen LogP contribution in [0.5, 0.6) is 11.5 Å². The minimum absolute atomic E-state index is 0.503. The van der Waals surface area contributed by atoms with Gasteiger partial charge in [-0.15, -0.1) is 0 Å². The van der Waals surface area contributed by atoms with E-state index >= 15 is 0 Å². The lowest BCUT2D eigenvalue weighted by atomic mass is 9.99. The fraction of sp³-hybridized carbons (Fsp3) is 0.294. The first kappa shape index (κ1) is 15.9. The molecule has 0 aliphatic heterocycles. The van der Waals surface area contributed by atoms with Crippen molar-refractivity contribution in [2.75, 3.05) is 14.2 Å². The number of methoxy groups -OCH3 is 2. The summed E-state index contributed by atoms with van der Waals surface area (Å²) < 4.78 is 11.5. The van der Waals surface area contributed by atoms with E-state index in [2.05, 4.69) is 15.9 Å². The second-order valence-corrected chi connectivity index (χ2v) is 5.77. The molecule has 0 spiro atoms. The molecule has 0 heterocycles. The third-order valence-electron chi connectivity index (χ3n) is 3.43. The highest BCUT2D eigenvalue weighted by Crippen LogP contribution is 2.33. The lowest BCUT2D eigenvalue weighted by Crippen LogP contribution is -2.05. The van der Waals surface area contributed by atoms with Gasteiger partial charge >= 0.3 is 0 Å². The Morgan fingerprint density at radius 3 is 2.57 bits per heavy atom. The number of rotatable bonds is 5. The predicted octanol–water partition coefficient (Wildman–Crippen LogP) is 4.05. The van der Waals surface area contributed by atoms with Gasteiger partial charge in [-0.2, -0.15) is 0 Å². The maximum Gasteiger partial charge on any atom is 0.125 e. The van der Waals surface area contributed by atoms with Gasteiger partial charge in [0.2, 0.25) is 0 Å². The predicted molar refractivity (Wildman–Crippen MR) is 87.1 cm³/mol. The summed E-state index contributed by atoms with van der Waals surface area (Å²) >= 11 is 3.50. The van der Waals surface area contributed by atoms with Crippen molar-refractivity contribution in [2.45, 2.75) is 19.4 Å². The van der Waals surface area contributed by atoms with Crippen LogP contribution in [0.1, 0.15) is 22.8 Å². The number of benzene rings is 2. The summed E-state index contributed by atoms with van der Waals surface area (Å²) in [5.41, 5.74) is 2.86. The van der Waals surface area contributed by atoms with Gasteiger partial charge in [0, 0.05) is 16.5 Å². The van der Waals surface area contributed by atoms with Gasteiger partial charge in [-0.1, -0.05) is 28.1 Å². The zero-order chi connectivity index (χ0) is 15.4. The molecule has 4 heteroatoms. The quantitative estimate of drug-likeness (QED) is 0.883. The van der Waals surface area contributed by atoms with Crippen molar-refractivity contribution in [3.8, 4) is 11.5 Å². The van der Waals surface area contributed by atoms with Crippen molar-refractivity contribution in [3.63, 3.8) is 0 Å². The van der Waals surface area contributed by atoms with E-state index < -0.39 is 6.10 Å². The standard InChI is InChI=1S/C17H19BrO3/c1-11-7-17(21-3)14(10-15(11)18)16(19)9-12-5-4-6-13(8-12)20-2/h4-8,10,16,19H,9H2,1-3H3. The second-order valence-electron chi connectivity index (χ2n) is 4.91. The van der Waals surface area contributed by atoms with Crippen LogP contribution in [0.2, 0.25) is 0 Å². The van der Waals surface area contributed by atoms with Gasteiger partial charge in [0.05, 0.1) is 20.3 Å². The van der Waals surface area contributed by atoms with Crippen molar-refractivity contribution < 1.29 is 14.6 Å². The van der Waals surface area contributed by atoms with E-state index in [0.717, 1.165) is 26.9 Å². The van der Waals surface area contributed by atoms with Crippen molar-refractivity contribution in [1.82, 2.24) is 0 Å². The first-order valence-electron chi connectivity index (χ1n) is 6.70. The summed E-state index contributed by atoms with van der Waals surface area (Å²) in [6, 6.07) is 11.6. The highest BCUT2D eigenvalue weighted by atomic mass is 79.9. The van der Waals surface area contributed by atoms with Crippen LogP contribution in [-0.2, 0) is 6.42 Å². The van der Waals surface area contributed by atoms with Crippen LogP contribution in [0, 0.1) is 6.92 Å². The number of aryl methyl sites for hydroxylation is 1. The maximum atomic E-state index is 10.5. The molecule has 2 aromatic carbocycles. The monoisotopic (exact) mass is 350 g/mol. The first-order chi connectivity index (χ1) is 10.0. The van der Waals surface area contributed by atoms with Crippen LogP contribution in [0.15, 0.2) is 40.9 Å². The average Bonchev–Trinajstić information content (AvgIpc) is 2.49. The maximum absolute atomic E-state index is 10.5. The summed E-state index contributed by atoms with van der Waals surface area (Å²) in [5.74, 6) is 1.49. The summed E-state index contributed by atoms with van der Waals surface area (Å²) in [7, 11) is 3.25. The van der Waals surface area contributed by atoms with Crippen molar-refractivity contribution in [1.29, 1.82) is 0 Å². The molecule has 0 saturated carbocycles. The van der Waals surface area contributed by atoms with E-state index in [1.165, 1.54) is 0 Å². The summed E-state index contributed by atoms with van der Waals surface area (Å²) in [5, 5.41) is 10.5. The van der Waals surface area contributed by atoms with E-state index in [9.17, 15) is 5.11 Å². The Bertz CT molecular complexity index is 625. The van der Waals surface area contributed by atoms with Crippen molar-refractivity contribution in [3.05, 3.63) is 57.6 Å². The van der Waals surface area contributed by atoms with E-state index in [1.807, 2.05) is 43.3 Å². The molecule has 0 aliphatic carbocycles. The zero-order valence-electron chi connectivity index (χ0n) is 12.4. The number of hydrogen-bond acceptors (Lipinski definition) is 3.